The quantitative estimate of drug-likeness (QED) is 0.780. The summed E-state index contributed by atoms with van der Waals surface area (Å²) in [5.74, 6) is -2.43. The highest BCUT2D eigenvalue weighted by Gasteiger charge is 2.74. The van der Waals surface area contributed by atoms with E-state index in [1.807, 2.05) is 36.1 Å². The van der Waals surface area contributed by atoms with Crippen molar-refractivity contribution in [3.63, 3.8) is 0 Å². The Kier molecular flexibility index (Phi) is 2.62. The van der Waals surface area contributed by atoms with E-state index in [1.165, 1.54) is 0 Å². The minimum atomic E-state index is -0.956. The Balaban J connectivity index is 1.59. The first-order chi connectivity index (χ1) is 12.5. The van der Waals surface area contributed by atoms with Gasteiger partial charge in [-0.15, -0.1) is 0 Å². The van der Waals surface area contributed by atoms with Crippen molar-refractivity contribution in [2.24, 2.45) is 17.8 Å². The van der Waals surface area contributed by atoms with Gasteiger partial charge in [0.15, 0.2) is 0 Å². The molecule has 7 atom stereocenters. The Labute approximate surface area is 150 Å². The van der Waals surface area contributed by atoms with Gasteiger partial charge in [-0.05, 0) is 19.4 Å². The van der Waals surface area contributed by atoms with E-state index in [0.717, 1.165) is 23.2 Å². The molecule has 0 aliphatic carbocycles. The average Bonchev–Trinajstić information content (AvgIpc) is 3.35. The van der Waals surface area contributed by atoms with Gasteiger partial charge in [0.2, 0.25) is 5.91 Å². The predicted octanol–water partition coefficient (Wildman–Crippen LogP) is 1.83. The van der Waals surface area contributed by atoms with Crippen molar-refractivity contribution < 1.29 is 24.2 Å². The van der Waals surface area contributed by atoms with Gasteiger partial charge >= 0.3 is 5.97 Å². The van der Waals surface area contributed by atoms with Crippen LogP contribution in [0.25, 0.3) is 0 Å². The fourth-order valence-electron chi connectivity index (χ4n) is 6.04. The molecule has 1 aromatic rings. The van der Waals surface area contributed by atoms with Crippen LogP contribution in [0.4, 0.5) is 5.69 Å². The molecular weight excluding hydrogens is 334 g/mol. The number of carboxylic acids is 1. The lowest BCUT2D eigenvalue weighted by Crippen LogP contribution is -2.53. The number of carboxylic acid groups (broad SMARTS) is 1. The molecular formula is C20H19NO5. The van der Waals surface area contributed by atoms with Crippen molar-refractivity contribution in [2.45, 2.75) is 37.2 Å². The SMILES string of the molecule is Cc1ccc2c(c1)[C@@H]1OCC[C@H]1[C@@H]1N2C(=O)[C@H]2[C@@H](C(=O)O)[C@H]3C=C[C@@]12O3. The number of amides is 1. The van der Waals surface area contributed by atoms with Gasteiger partial charge in [-0.1, -0.05) is 29.8 Å². The summed E-state index contributed by atoms with van der Waals surface area (Å²) in [6.07, 6.45) is 4.07. The molecule has 6 nitrogen and oxygen atoms in total. The highest BCUT2D eigenvalue weighted by molar-refractivity contribution is 6.04. The van der Waals surface area contributed by atoms with Crippen LogP contribution in [0, 0.1) is 24.7 Å². The van der Waals surface area contributed by atoms with Crippen LogP contribution in [0.5, 0.6) is 0 Å². The number of hydrogen-bond acceptors (Lipinski definition) is 4. The molecule has 0 aromatic heterocycles. The maximum atomic E-state index is 13.5. The smallest absolute Gasteiger partial charge is 0.310 e. The summed E-state index contributed by atoms with van der Waals surface area (Å²) in [7, 11) is 0. The van der Waals surface area contributed by atoms with E-state index in [1.54, 1.807) is 0 Å². The number of nitrogens with zero attached hydrogens (tertiary/aromatic N) is 1. The molecule has 0 unspecified atom stereocenters. The fraction of sp³-hybridized carbons (Fsp3) is 0.500. The van der Waals surface area contributed by atoms with Crippen molar-refractivity contribution in [2.75, 3.05) is 11.5 Å². The number of carbonyl (C=O) groups is 2. The number of ether oxygens (including phenoxy) is 2. The molecule has 2 bridgehead atoms. The zero-order chi connectivity index (χ0) is 17.8. The molecule has 5 aliphatic rings. The Morgan fingerprint density at radius 2 is 2.23 bits per heavy atom. The Morgan fingerprint density at radius 1 is 1.38 bits per heavy atom. The van der Waals surface area contributed by atoms with E-state index >= 15 is 0 Å². The van der Waals surface area contributed by atoms with Gasteiger partial charge in [-0.25, -0.2) is 0 Å². The van der Waals surface area contributed by atoms with Crippen molar-refractivity contribution in [1.29, 1.82) is 0 Å². The number of hydrogen-bond donors (Lipinski definition) is 1. The van der Waals surface area contributed by atoms with Gasteiger partial charge in [-0.2, -0.15) is 0 Å². The van der Waals surface area contributed by atoms with E-state index in [0.29, 0.717) is 6.61 Å². The average molecular weight is 353 g/mol. The summed E-state index contributed by atoms with van der Waals surface area (Å²) in [4.78, 5) is 27.2. The number of anilines is 1. The Bertz CT molecular complexity index is 894. The summed E-state index contributed by atoms with van der Waals surface area (Å²) in [5.41, 5.74) is 2.17. The van der Waals surface area contributed by atoms with E-state index in [2.05, 4.69) is 6.07 Å². The van der Waals surface area contributed by atoms with Gasteiger partial charge in [0, 0.05) is 23.8 Å². The van der Waals surface area contributed by atoms with Crippen LogP contribution < -0.4 is 4.90 Å². The summed E-state index contributed by atoms with van der Waals surface area (Å²) in [6.45, 7) is 2.68. The first kappa shape index (κ1) is 14.9. The Hall–Kier alpha value is -2.18. The third-order valence-electron chi connectivity index (χ3n) is 6.91. The highest BCUT2D eigenvalue weighted by atomic mass is 16.5. The minimum Gasteiger partial charge on any atom is -0.481 e. The van der Waals surface area contributed by atoms with Crippen molar-refractivity contribution in [3.8, 4) is 0 Å². The van der Waals surface area contributed by atoms with E-state index in [9.17, 15) is 14.7 Å². The zero-order valence-electron chi connectivity index (χ0n) is 14.3. The third-order valence-corrected chi connectivity index (χ3v) is 6.91. The van der Waals surface area contributed by atoms with Gasteiger partial charge in [-0.3, -0.25) is 9.59 Å². The molecule has 5 heterocycles. The fourth-order valence-corrected chi connectivity index (χ4v) is 6.04. The molecule has 134 valence electrons. The first-order valence-electron chi connectivity index (χ1n) is 9.18. The van der Waals surface area contributed by atoms with Crippen LogP contribution in [-0.2, 0) is 19.1 Å². The van der Waals surface area contributed by atoms with Gasteiger partial charge in [0.25, 0.3) is 0 Å². The lowest BCUT2D eigenvalue weighted by molar-refractivity contribution is -0.146. The highest BCUT2D eigenvalue weighted by Crippen LogP contribution is 2.62. The maximum absolute atomic E-state index is 13.5. The van der Waals surface area contributed by atoms with Crippen molar-refractivity contribution >= 4 is 17.6 Å². The molecule has 0 saturated carbocycles. The number of benzene rings is 1. The second-order valence-corrected chi connectivity index (χ2v) is 8.10. The lowest BCUT2D eigenvalue weighted by Gasteiger charge is -2.44. The number of aliphatic carboxylic acids is 1. The molecule has 6 heteroatoms. The molecule has 1 amide bonds. The van der Waals surface area contributed by atoms with Crippen molar-refractivity contribution in [3.05, 3.63) is 41.5 Å². The maximum Gasteiger partial charge on any atom is 0.310 e. The van der Waals surface area contributed by atoms with Crippen LogP contribution in [0.15, 0.2) is 30.4 Å². The molecule has 5 aliphatic heterocycles. The molecule has 0 radical (unpaired) electrons. The summed E-state index contributed by atoms with van der Waals surface area (Å²) in [5, 5.41) is 9.74. The number of rotatable bonds is 1. The lowest BCUT2D eigenvalue weighted by atomic mass is 9.70. The third kappa shape index (κ3) is 1.48. The topological polar surface area (TPSA) is 76.1 Å². The summed E-state index contributed by atoms with van der Waals surface area (Å²) >= 11 is 0. The van der Waals surface area contributed by atoms with Crippen molar-refractivity contribution in [1.82, 2.24) is 0 Å². The second-order valence-electron chi connectivity index (χ2n) is 8.10. The summed E-state index contributed by atoms with van der Waals surface area (Å²) in [6, 6.07) is 5.86. The van der Waals surface area contributed by atoms with Crippen LogP contribution in [0.1, 0.15) is 23.7 Å². The molecule has 26 heavy (non-hydrogen) atoms. The van der Waals surface area contributed by atoms with Crippen LogP contribution in [-0.4, -0.2) is 41.3 Å². The molecule has 6 rings (SSSR count). The molecule has 1 N–H and O–H groups in total. The van der Waals surface area contributed by atoms with Gasteiger partial charge in [0.05, 0.1) is 24.2 Å². The molecule has 3 fully saturated rings. The predicted molar refractivity (Wildman–Crippen MR) is 90.6 cm³/mol. The zero-order valence-corrected chi connectivity index (χ0v) is 14.3. The van der Waals surface area contributed by atoms with Crippen LogP contribution in [0.3, 0.4) is 0 Å². The first-order valence-corrected chi connectivity index (χ1v) is 9.18. The molecule has 3 saturated heterocycles. The van der Waals surface area contributed by atoms with Gasteiger partial charge < -0.3 is 19.5 Å². The Morgan fingerprint density at radius 3 is 3.04 bits per heavy atom. The van der Waals surface area contributed by atoms with E-state index in [-0.39, 0.29) is 24.0 Å². The molecule has 1 spiro atoms. The number of carbonyl (C=O) groups excluding carboxylic acids is 1. The monoisotopic (exact) mass is 353 g/mol. The van der Waals surface area contributed by atoms with E-state index < -0.39 is 29.5 Å². The summed E-state index contributed by atoms with van der Waals surface area (Å²) < 4.78 is 12.3. The van der Waals surface area contributed by atoms with Crippen LogP contribution in [0.2, 0.25) is 0 Å². The standard InChI is InChI=1S/C20H19NO5/c1-9-2-3-12-11(8-9)16-10(5-7-25-16)17-20-6-4-13(26-20)14(19(23)24)15(20)18(22)21(12)17/h2-4,6,8,10,13-17H,5,7H2,1H3,(H,23,24)/t10-,13-,14+,15-,16-,17+,20+/m1/s1. The largest absolute Gasteiger partial charge is 0.481 e. The number of aryl methyl sites for hydroxylation is 1. The van der Waals surface area contributed by atoms with E-state index in [4.69, 9.17) is 9.47 Å². The second kappa shape index (κ2) is 4.56. The number of fused-ring (bicyclic) bond motifs is 7. The van der Waals surface area contributed by atoms with Crippen LogP contribution >= 0.6 is 0 Å². The van der Waals surface area contributed by atoms with Gasteiger partial charge in [0.1, 0.15) is 11.5 Å². The normalized spacial score (nSPS) is 44.0. The minimum absolute atomic E-state index is 0.0630. The molecule has 1 aromatic carbocycles.